The lowest BCUT2D eigenvalue weighted by Gasteiger charge is -1.99. The number of hydrogen-bond donors (Lipinski definition) is 2. The second-order valence-corrected chi connectivity index (χ2v) is 3.58. The molecule has 0 unspecified atom stereocenters. The molecule has 0 spiro atoms. The van der Waals surface area contributed by atoms with Gasteiger partial charge in [0, 0.05) is 12.1 Å². The summed E-state index contributed by atoms with van der Waals surface area (Å²) in [5.41, 5.74) is 8.52. The molecule has 0 aromatic heterocycles. The Balaban J connectivity index is 2.26. The number of carbonyl (C=O) groups is 1. The number of nitrogens with one attached hydrogen (secondary N) is 2. The summed E-state index contributed by atoms with van der Waals surface area (Å²) in [5.74, 6) is -0.0306. The predicted octanol–water partition coefficient (Wildman–Crippen LogP) is 1.27. The highest BCUT2D eigenvalue weighted by Crippen LogP contribution is 2.11. The quantitative estimate of drug-likeness (QED) is 0.709. The highest BCUT2D eigenvalue weighted by atomic mass is 16.2. The van der Waals surface area contributed by atoms with Crippen molar-refractivity contribution in [2.24, 2.45) is 0 Å². The first kappa shape index (κ1) is 9.93. The summed E-state index contributed by atoms with van der Waals surface area (Å²) >= 11 is 0. The Kier molecular flexibility index (Phi) is 2.83. The molecule has 2 rings (SSSR count). The summed E-state index contributed by atoms with van der Waals surface area (Å²) in [6.45, 7) is 2.71. The fourth-order valence-electron chi connectivity index (χ4n) is 1.60. The van der Waals surface area contributed by atoms with Gasteiger partial charge in [-0.25, -0.2) is 5.43 Å². The van der Waals surface area contributed by atoms with Crippen LogP contribution in [0.3, 0.4) is 0 Å². The molecule has 1 aromatic rings. The van der Waals surface area contributed by atoms with Gasteiger partial charge in [0.2, 0.25) is 0 Å². The largest absolute Gasteiger partial charge is 0.287 e. The lowest BCUT2D eigenvalue weighted by Crippen LogP contribution is -2.25. The Morgan fingerprint density at radius 1 is 1.47 bits per heavy atom. The fourth-order valence-corrected chi connectivity index (χ4v) is 1.60. The smallest absolute Gasteiger partial charge is 0.262 e. The Morgan fingerprint density at radius 3 is 3.00 bits per heavy atom. The van der Waals surface area contributed by atoms with Gasteiger partial charge in [-0.3, -0.25) is 10.2 Å². The van der Waals surface area contributed by atoms with E-state index in [0.717, 1.165) is 17.6 Å². The monoisotopic (exact) mass is 202 g/mol. The van der Waals surface area contributed by atoms with Gasteiger partial charge in [0.05, 0.1) is 0 Å². The molecular weight excluding hydrogens is 188 g/mol. The molecule has 1 saturated heterocycles. The zero-order valence-corrected chi connectivity index (χ0v) is 8.71. The maximum absolute atomic E-state index is 11.3. The molecule has 15 heavy (non-hydrogen) atoms. The molecule has 0 atom stereocenters. The van der Waals surface area contributed by atoms with E-state index in [1.54, 1.807) is 0 Å². The number of amides is 1. The summed E-state index contributed by atoms with van der Waals surface area (Å²) in [6.07, 6.45) is 2.94. The summed E-state index contributed by atoms with van der Waals surface area (Å²) < 4.78 is 0. The topological polar surface area (TPSA) is 41.1 Å². The molecule has 1 amide bonds. The summed E-state index contributed by atoms with van der Waals surface area (Å²) in [4.78, 5) is 11.3. The van der Waals surface area contributed by atoms with E-state index in [1.165, 1.54) is 5.56 Å². The number of hydrogen-bond acceptors (Lipinski definition) is 2. The van der Waals surface area contributed by atoms with Crippen LogP contribution < -0.4 is 10.9 Å². The van der Waals surface area contributed by atoms with Crippen molar-refractivity contribution in [3.63, 3.8) is 0 Å². The Bertz CT molecular complexity index is 410. The zero-order valence-electron chi connectivity index (χ0n) is 8.71. The van der Waals surface area contributed by atoms with Crippen LogP contribution in [0.5, 0.6) is 0 Å². The average Bonchev–Trinajstić information content (AvgIpc) is 2.65. The third-order valence-electron chi connectivity index (χ3n) is 2.47. The van der Waals surface area contributed by atoms with Crippen LogP contribution in [0.1, 0.15) is 18.1 Å². The number of aryl methyl sites for hydroxylation is 1. The van der Waals surface area contributed by atoms with E-state index in [2.05, 4.69) is 29.9 Å². The first-order valence-electron chi connectivity index (χ1n) is 5.12. The number of rotatable bonds is 2. The Labute approximate surface area is 89.2 Å². The highest BCUT2D eigenvalue weighted by molar-refractivity contribution is 5.99. The van der Waals surface area contributed by atoms with Crippen LogP contribution in [0.25, 0.3) is 6.08 Å². The van der Waals surface area contributed by atoms with Crippen molar-refractivity contribution in [2.75, 3.05) is 6.54 Å². The second-order valence-electron chi connectivity index (χ2n) is 3.58. The minimum atomic E-state index is -0.0306. The van der Waals surface area contributed by atoms with Gasteiger partial charge in [-0.05, 0) is 23.6 Å². The van der Waals surface area contributed by atoms with E-state index in [4.69, 9.17) is 0 Å². The van der Waals surface area contributed by atoms with E-state index in [0.29, 0.717) is 6.54 Å². The zero-order chi connectivity index (χ0) is 10.7. The second kappa shape index (κ2) is 4.28. The van der Waals surface area contributed by atoms with Gasteiger partial charge < -0.3 is 0 Å². The fraction of sp³-hybridized carbons (Fsp3) is 0.250. The van der Waals surface area contributed by atoms with Gasteiger partial charge in [0.15, 0.2) is 0 Å². The van der Waals surface area contributed by atoms with Crippen LogP contribution in [-0.2, 0) is 11.2 Å². The molecule has 1 aliphatic heterocycles. The minimum absolute atomic E-state index is 0.0306. The van der Waals surface area contributed by atoms with E-state index in [9.17, 15) is 4.79 Å². The molecule has 1 fully saturated rings. The van der Waals surface area contributed by atoms with Crippen molar-refractivity contribution < 1.29 is 4.79 Å². The van der Waals surface area contributed by atoms with Gasteiger partial charge in [-0.15, -0.1) is 0 Å². The van der Waals surface area contributed by atoms with Crippen LogP contribution in [0, 0.1) is 0 Å². The predicted molar refractivity (Wildman–Crippen MR) is 59.9 cm³/mol. The maximum Gasteiger partial charge on any atom is 0.262 e. The van der Waals surface area contributed by atoms with Gasteiger partial charge >= 0.3 is 0 Å². The van der Waals surface area contributed by atoms with Crippen LogP contribution in [0.2, 0.25) is 0 Å². The van der Waals surface area contributed by atoms with Crippen molar-refractivity contribution in [2.45, 2.75) is 13.3 Å². The molecule has 3 nitrogen and oxygen atoms in total. The lowest BCUT2D eigenvalue weighted by atomic mass is 10.1. The first-order valence-corrected chi connectivity index (χ1v) is 5.12. The molecule has 1 aromatic carbocycles. The van der Waals surface area contributed by atoms with Crippen molar-refractivity contribution in [3.8, 4) is 0 Å². The van der Waals surface area contributed by atoms with Crippen molar-refractivity contribution in [1.82, 2.24) is 10.9 Å². The average molecular weight is 202 g/mol. The molecule has 0 bridgehead atoms. The molecule has 1 aliphatic rings. The standard InChI is InChI=1S/C12H14N2O/c1-2-9-4-3-5-10(6-9)7-11-8-13-14-12(11)15/h3-7,13H,2,8H2,1H3,(H,14,15)/b11-7+. The van der Waals surface area contributed by atoms with E-state index >= 15 is 0 Å². The number of carbonyl (C=O) groups excluding carboxylic acids is 1. The van der Waals surface area contributed by atoms with Crippen molar-refractivity contribution in [1.29, 1.82) is 0 Å². The third-order valence-corrected chi connectivity index (χ3v) is 2.47. The molecule has 1 heterocycles. The first-order chi connectivity index (χ1) is 7.29. The normalized spacial score (nSPS) is 18.2. The van der Waals surface area contributed by atoms with Crippen LogP contribution in [0.15, 0.2) is 29.8 Å². The number of hydrazine groups is 1. The lowest BCUT2D eigenvalue weighted by molar-refractivity contribution is -0.116. The van der Waals surface area contributed by atoms with Crippen molar-refractivity contribution in [3.05, 3.63) is 41.0 Å². The van der Waals surface area contributed by atoms with Gasteiger partial charge in [0.1, 0.15) is 0 Å². The summed E-state index contributed by atoms with van der Waals surface area (Å²) in [5, 5.41) is 0. The SMILES string of the molecule is CCc1cccc(/C=C2\CNNC2=O)c1. The molecule has 3 heteroatoms. The van der Waals surface area contributed by atoms with E-state index in [-0.39, 0.29) is 5.91 Å². The molecular formula is C12H14N2O. The number of benzene rings is 1. The molecule has 0 aliphatic carbocycles. The van der Waals surface area contributed by atoms with Crippen LogP contribution >= 0.6 is 0 Å². The molecule has 0 saturated carbocycles. The Hall–Kier alpha value is -1.61. The highest BCUT2D eigenvalue weighted by Gasteiger charge is 2.14. The summed E-state index contributed by atoms with van der Waals surface area (Å²) in [6, 6.07) is 8.23. The van der Waals surface area contributed by atoms with Crippen molar-refractivity contribution >= 4 is 12.0 Å². The van der Waals surface area contributed by atoms with E-state index in [1.807, 2.05) is 18.2 Å². The summed E-state index contributed by atoms with van der Waals surface area (Å²) in [7, 11) is 0. The molecule has 2 N–H and O–H groups in total. The Morgan fingerprint density at radius 2 is 2.33 bits per heavy atom. The third kappa shape index (κ3) is 2.25. The van der Waals surface area contributed by atoms with E-state index < -0.39 is 0 Å². The maximum atomic E-state index is 11.3. The molecule has 78 valence electrons. The molecule has 0 radical (unpaired) electrons. The van der Waals surface area contributed by atoms with Gasteiger partial charge in [-0.2, -0.15) is 0 Å². The van der Waals surface area contributed by atoms with Gasteiger partial charge in [0.25, 0.3) is 5.91 Å². The van der Waals surface area contributed by atoms with Crippen LogP contribution in [-0.4, -0.2) is 12.5 Å². The van der Waals surface area contributed by atoms with Gasteiger partial charge in [-0.1, -0.05) is 31.2 Å². The minimum Gasteiger partial charge on any atom is -0.287 e. The van der Waals surface area contributed by atoms with Crippen LogP contribution in [0.4, 0.5) is 0 Å².